The van der Waals surface area contributed by atoms with Gasteiger partial charge in [-0.2, -0.15) is 0 Å². The van der Waals surface area contributed by atoms with Crippen molar-refractivity contribution in [3.05, 3.63) is 95.8 Å². The molecule has 45 heavy (non-hydrogen) atoms. The van der Waals surface area contributed by atoms with Crippen LogP contribution in [0.3, 0.4) is 0 Å². The summed E-state index contributed by atoms with van der Waals surface area (Å²) >= 11 is 6.29. The Morgan fingerprint density at radius 1 is 1.02 bits per heavy atom. The number of hydrogen-bond acceptors (Lipinski definition) is 5. The average Bonchev–Trinajstić information content (AvgIpc) is 3.63. The standard InChI is InChI=1S/C33H24ClF2N5O3S/c1-37-33(42)30-21-13-20(26(40(2)45(3)43)15-28(21)44-32(30)17-7-9-18(35)10-8-17)23-11-12-24-31(39-23)27-14-19-22(36)5-4-6-25(19)41(27)29(16-34)38-24/h4-15H,16H2,1-3H3,(H,37,42). The number of rotatable bonds is 6. The molecule has 8 nitrogen and oxygen atoms in total. The lowest BCUT2D eigenvalue weighted by molar-refractivity contribution is 0.0964. The molecule has 0 fully saturated rings. The fourth-order valence-electron chi connectivity index (χ4n) is 5.70. The molecule has 3 aromatic carbocycles. The first kappa shape index (κ1) is 28.9. The van der Waals surface area contributed by atoms with Crippen LogP contribution < -0.4 is 9.62 Å². The van der Waals surface area contributed by atoms with Gasteiger partial charge in [0, 0.05) is 48.3 Å². The van der Waals surface area contributed by atoms with Gasteiger partial charge in [-0.05, 0) is 60.7 Å². The summed E-state index contributed by atoms with van der Waals surface area (Å²) in [7, 11) is 1.76. The van der Waals surface area contributed by atoms with Gasteiger partial charge in [-0.15, -0.1) is 11.6 Å². The fraction of sp³-hybridized carbons (Fsp3) is 0.121. The van der Waals surface area contributed by atoms with Crippen LogP contribution in [-0.4, -0.2) is 44.8 Å². The predicted molar refractivity (Wildman–Crippen MR) is 174 cm³/mol. The van der Waals surface area contributed by atoms with E-state index in [1.807, 2.05) is 0 Å². The number of aromatic nitrogens is 3. The Labute approximate surface area is 262 Å². The lowest BCUT2D eigenvalue weighted by atomic mass is 10.0. The van der Waals surface area contributed by atoms with E-state index in [1.54, 1.807) is 64.5 Å². The molecule has 0 aliphatic rings. The number of hydrogen-bond donors (Lipinski definition) is 1. The molecule has 0 aliphatic heterocycles. The normalized spacial score (nSPS) is 12.4. The number of fused-ring (bicyclic) bond motifs is 6. The van der Waals surface area contributed by atoms with Gasteiger partial charge in [0.15, 0.2) is 0 Å². The highest BCUT2D eigenvalue weighted by Gasteiger charge is 2.26. The first-order chi connectivity index (χ1) is 21.7. The molecule has 0 aliphatic carbocycles. The second-order valence-electron chi connectivity index (χ2n) is 10.4. The number of carbonyl (C=O) groups is 1. The van der Waals surface area contributed by atoms with Crippen molar-refractivity contribution in [1.82, 2.24) is 19.7 Å². The molecule has 0 radical (unpaired) electrons. The minimum absolute atomic E-state index is 0.0988. The second kappa shape index (κ2) is 10.9. The van der Waals surface area contributed by atoms with Crippen molar-refractivity contribution in [3.63, 3.8) is 0 Å². The topological polar surface area (TPSA) is 92.7 Å². The molecule has 4 heterocycles. The van der Waals surface area contributed by atoms with Gasteiger partial charge in [0.1, 0.15) is 45.3 Å². The molecule has 1 amide bonds. The maximum absolute atomic E-state index is 14.9. The third-order valence-corrected chi connectivity index (χ3v) is 9.11. The Bertz CT molecular complexity index is 2350. The zero-order chi connectivity index (χ0) is 31.6. The van der Waals surface area contributed by atoms with Crippen LogP contribution in [0.15, 0.2) is 77.2 Å². The van der Waals surface area contributed by atoms with E-state index in [4.69, 9.17) is 26.0 Å². The third kappa shape index (κ3) is 4.61. The summed E-state index contributed by atoms with van der Waals surface area (Å²) in [5.74, 6) is -0.288. The van der Waals surface area contributed by atoms with Crippen LogP contribution in [0, 0.1) is 11.6 Å². The zero-order valence-electron chi connectivity index (χ0n) is 24.2. The maximum Gasteiger partial charge on any atom is 0.255 e. The molecule has 1 atom stereocenters. The van der Waals surface area contributed by atoms with E-state index in [0.29, 0.717) is 66.8 Å². The van der Waals surface area contributed by atoms with Gasteiger partial charge in [-0.1, -0.05) is 6.07 Å². The molecule has 0 saturated heterocycles. The zero-order valence-corrected chi connectivity index (χ0v) is 25.8. The number of nitrogens with zero attached hydrogens (tertiary/aromatic N) is 4. The number of pyridine rings is 1. The molecule has 7 aromatic rings. The van der Waals surface area contributed by atoms with E-state index < -0.39 is 22.7 Å². The number of nitrogens with one attached hydrogen (secondary N) is 1. The van der Waals surface area contributed by atoms with Crippen LogP contribution in [0.4, 0.5) is 14.5 Å². The third-order valence-electron chi connectivity index (χ3n) is 7.90. The van der Waals surface area contributed by atoms with E-state index in [-0.39, 0.29) is 23.0 Å². The van der Waals surface area contributed by atoms with Crippen LogP contribution >= 0.6 is 11.6 Å². The Morgan fingerprint density at radius 2 is 1.80 bits per heavy atom. The SMILES string of the molecule is CNC(=O)c1c(-c2ccc(F)cc2)oc2cc(N(C)S(C)=O)c(-c3ccc4nc(CCl)n5c6cccc(F)c6cc5c4n3)cc12. The summed E-state index contributed by atoms with van der Waals surface area (Å²) < 4.78 is 51.0. The Kier molecular flexibility index (Phi) is 7.02. The molecule has 12 heteroatoms. The quantitative estimate of drug-likeness (QED) is 0.193. The number of alkyl halides is 1. The van der Waals surface area contributed by atoms with Crippen molar-refractivity contribution in [2.45, 2.75) is 5.88 Å². The second-order valence-corrected chi connectivity index (χ2v) is 12.1. The predicted octanol–water partition coefficient (Wildman–Crippen LogP) is 7.22. The molecule has 1 N–H and O–H groups in total. The maximum atomic E-state index is 14.9. The van der Waals surface area contributed by atoms with Crippen molar-refractivity contribution >= 4 is 72.6 Å². The Balaban J connectivity index is 1.54. The number of benzene rings is 3. The molecule has 4 aromatic heterocycles. The van der Waals surface area contributed by atoms with Gasteiger partial charge in [-0.25, -0.2) is 23.0 Å². The van der Waals surface area contributed by atoms with Gasteiger partial charge < -0.3 is 9.73 Å². The minimum Gasteiger partial charge on any atom is -0.455 e. The lowest BCUT2D eigenvalue weighted by Crippen LogP contribution is -2.20. The molecule has 226 valence electrons. The molecular weight excluding hydrogens is 620 g/mol. The highest BCUT2D eigenvalue weighted by Crippen LogP contribution is 2.41. The summed E-state index contributed by atoms with van der Waals surface area (Å²) in [5, 5.41) is 3.57. The van der Waals surface area contributed by atoms with Crippen LogP contribution in [0.25, 0.3) is 61.0 Å². The van der Waals surface area contributed by atoms with Crippen molar-refractivity contribution in [3.8, 4) is 22.6 Å². The Morgan fingerprint density at radius 3 is 2.51 bits per heavy atom. The molecule has 0 bridgehead atoms. The van der Waals surface area contributed by atoms with Crippen molar-refractivity contribution in [2.75, 3.05) is 24.7 Å². The highest BCUT2D eigenvalue weighted by molar-refractivity contribution is 7.85. The van der Waals surface area contributed by atoms with E-state index >= 15 is 0 Å². The number of carbonyl (C=O) groups excluding carboxylic acids is 1. The van der Waals surface area contributed by atoms with Gasteiger partial charge in [0.2, 0.25) is 0 Å². The first-order valence-corrected chi connectivity index (χ1v) is 15.9. The molecular formula is C33H24ClF2N5O3S. The van der Waals surface area contributed by atoms with Crippen molar-refractivity contribution in [2.24, 2.45) is 0 Å². The summed E-state index contributed by atoms with van der Waals surface area (Å²) in [6.07, 6.45) is 1.55. The fourth-order valence-corrected chi connectivity index (χ4v) is 6.30. The van der Waals surface area contributed by atoms with E-state index in [1.165, 1.54) is 37.4 Å². The van der Waals surface area contributed by atoms with Crippen LogP contribution in [-0.2, 0) is 16.9 Å². The smallest absolute Gasteiger partial charge is 0.255 e. The lowest BCUT2D eigenvalue weighted by Gasteiger charge is -2.20. The number of amides is 1. The van der Waals surface area contributed by atoms with Gasteiger partial charge in [-0.3, -0.25) is 13.5 Å². The van der Waals surface area contributed by atoms with Gasteiger partial charge in [0.05, 0.1) is 39.4 Å². The molecule has 0 spiro atoms. The van der Waals surface area contributed by atoms with Crippen LogP contribution in [0.1, 0.15) is 16.2 Å². The summed E-state index contributed by atoms with van der Waals surface area (Å²) in [5.41, 5.74) is 5.06. The molecule has 7 rings (SSSR count). The molecule has 1 unspecified atom stereocenters. The highest BCUT2D eigenvalue weighted by atomic mass is 35.5. The summed E-state index contributed by atoms with van der Waals surface area (Å²) in [6.45, 7) is 0. The van der Waals surface area contributed by atoms with Crippen LogP contribution in [0.5, 0.6) is 0 Å². The van der Waals surface area contributed by atoms with E-state index in [2.05, 4.69) is 5.32 Å². The number of anilines is 1. The largest absolute Gasteiger partial charge is 0.455 e. The molecule has 0 saturated carbocycles. The number of halogens is 3. The number of furan rings is 1. The van der Waals surface area contributed by atoms with Crippen LogP contribution in [0.2, 0.25) is 0 Å². The van der Waals surface area contributed by atoms with Crippen molar-refractivity contribution < 1.29 is 22.2 Å². The first-order valence-electron chi connectivity index (χ1n) is 13.8. The summed E-state index contributed by atoms with van der Waals surface area (Å²) in [6, 6.07) is 19.3. The van der Waals surface area contributed by atoms with Crippen molar-refractivity contribution in [1.29, 1.82) is 0 Å². The van der Waals surface area contributed by atoms with E-state index in [0.717, 1.165) is 0 Å². The minimum atomic E-state index is -1.43. The summed E-state index contributed by atoms with van der Waals surface area (Å²) in [4.78, 5) is 23.0. The van der Waals surface area contributed by atoms with Gasteiger partial charge in [0.25, 0.3) is 5.91 Å². The van der Waals surface area contributed by atoms with Gasteiger partial charge >= 0.3 is 0 Å². The monoisotopic (exact) mass is 643 g/mol. The Hall–Kier alpha value is -4.87. The van der Waals surface area contributed by atoms with E-state index in [9.17, 15) is 17.8 Å². The average molecular weight is 644 g/mol.